The fourth-order valence-electron chi connectivity index (χ4n) is 4.58. The number of hydrogen-bond acceptors (Lipinski definition) is 10. The third-order valence-electron chi connectivity index (χ3n) is 6.60. The van der Waals surface area contributed by atoms with Crippen molar-refractivity contribution >= 4 is 23.9 Å². The summed E-state index contributed by atoms with van der Waals surface area (Å²) in [5, 5.41) is 6.21. The van der Waals surface area contributed by atoms with E-state index in [-0.39, 0.29) is 47.7 Å². The van der Waals surface area contributed by atoms with Crippen molar-refractivity contribution < 1.29 is 19.1 Å². The quantitative estimate of drug-likeness (QED) is 0.444. The number of carbonyl (C=O) groups is 2. The Bertz CT molecular complexity index is 667. The van der Waals surface area contributed by atoms with Gasteiger partial charge in [-0.3, -0.25) is 19.6 Å². The van der Waals surface area contributed by atoms with E-state index < -0.39 is 0 Å². The van der Waals surface area contributed by atoms with E-state index in [1.54, 1.807) is 0 Å². The molecule has 0 radical (unpaired) electrons. The van der Waals surface area contributed by atoms with Crippen LogP contribution in [-0.4, -0.2) is 62.2 Å². The van der Waals surface area contributed by atoms with Crippen molar-refractivity contribution in [2.24, 2.45) is 45.1 Å². The highest BCUT2D eigenvalue weighted by Crippen LogP contribution is 2.24. The summed E-state index contributed by atoms with van der Waals surface area (Å²) in [6.45, 7) is 5.82. The Balaban J connectivity index is 1.62. The second kappa shape index (κ2) is 11.4. The highest BCUT2D eigenvalue weighted by atomic mass is 16.5. The average molecular weight is 451 g/mol. The lowest BCUT2D eigenvalue weighted by atomic mass is 9.91. The van der Waals surface area contributed by atoms with Gasteiger partial charge in [0, 0.05) is 0 Å². The maximum absolute atomic E-state index is 12.9. The summed E-state index contributed by atoms with van der Waals surface area (Å²) in [5.41, 5.74) is 11.5. The summed E-state index contributed by atoms with van der Waals surface area (Å²) in [4.78, 5) is 34.1. The fraction of sp³-hybridized carbons (Fsp3) is 0.818. The fourth-order valence-corrected chi connectivity index (χ4v) is 4.58. The molecule has 10 heteroatoms. The van der Waals surface area contributed by atoms with E-state index in [9.17, 15) is 9.59 Å². The van der Waals surface area contributed by atoms with Gasteiger partial charge in [0.2, 0.25) is 0 Å². The van der Waals surface area contributed by atoms with Crippen molar-refractivity contribution in [2.45, 2.75) is 64.5 Å². The molecule has 32 heavy (non-hydrogen) atoms. The van der Waals surface area contributed by atoms with Crippen molar-refractivity contribution in [1.29, 1.82) is 0 Å². The maximum atomic E-state index is 12.9. The van der Waals surface area contributed by atoms with Gasteiger partial charge in [0.1, 0.15) is 0 Å². The molecule has 3 heterocycles. The second-order valence-corrected chi connectivity index (χ2v) is 9.50. The summed E-state index contributed by atoms with van der Waals surface area (Å²) in [5.74, 6) is 0.178. The summed E-state index contributed by atoms with van der Waals surface area (Å²) in [7, 11) is 0. The molecular formula is C22H38N6O4. The molecule has 0 aliphatic carbocycles. The third-order valence-corrected chi connectivity index (χ3v) is 6.60. The summed E-state index contributed by atoms with van der Waals surface area (Å²) in [6.07, 6.45) is 4.69. The van der Waals surface area contributed by atoms with Gasteiger partial charge in [-0.25, -0.2) is 0 Å². The van der Waals surface area contributed by atoms with E-state index >= 15 is 0 Å². The van der Waals surface area contributed by atoms with E-state index in [0.29, 0.717) is 51.1 Å². The van der Waals surface area contributed by atoms with Crippen LogP contribution in [-0.2, 0) is 19.1 Å². The van der Waals surface area contributed by atoms with Gasteiger partial charge in [0.05, 0.1) is 50.2 Å². The lowest BCUT2D eigenvalue weighted by Crippen LogP contribution is -2.44. The van der Waals surface area contributed by atoms with Crippen molar-refractivity contribution in [3.8, 4) is 0 Å². The topological polar surface area (TPSA) is 153 Å². The molecule has 3 rings (SSSR count). The average Bonchev–Trinajstić information content (AvgIpc) is 3.38. The van der Waals surface area contributed by atoms with Crippen molar-refractivity contribution in [1.82, 2.24) is 10.6 Å². The van der Waals surface area contributed by atoms with E-state index in [2.05, 4.69) is 34.5 Å². The van der Waals surface area contributed by atoms with Gasteiger partial charge in [-0.1, -0.05) is 26.7 Å². The van der Waals surface area contributed by atoms with Crippen LogP contribution in [0.15, 0.2) is 9.98 Å². The van der Waals surface area contributed by atoms with E-state index in [4.69, 9.17) is 20.9 Å². The molecule has 6 atom stereocenters. The standard InChI is InChI=1S/C22H38N6O4/c1-13-5-3-7-15(17-9-25-21(23)27-17)20(30)32-12-14(2)6-4-8-16(19(29)31-11-13)18-10-26-22(24)28-18/h13-18H,3-12H2,1-2H3,(H3,23,25,27)(H3,24,26,28)/t13-,14-,15?,16?,17+,18+/m1/s1. The number of nitrogens with one attached hydrogen (secondary N) is 2. The molecule has 0 saturated carbocycles. The minimum atomic E-state index is -0.294. The first-order valence-corrected chi connectivity index (χ1v) is 11.8. The molecule has 0 spiro atoms. The van der Waals surface area contributed by atoms with Crippen LogP contribution in [0, 0.1) is 23.7 Å². The van der Waals surface area contributed by atoms with Crippen LogP contribution in [0.4, 0.5) is 0 Å². The first kappa shape index (κ1) is 24.1. The Morgan fingerprint density at radius 1 is 0.750 bits per heavy atom. The molecular weight excluding hydrogens is 412 g/mol. The number of cyclic esters (lactones) is 2. The number of hydrogen-bond donors (Lipinski definition) is 4. The van der Waals surface area contributed by atoms with E-state index in [1.165, 1.54) is 0 Å². The second-order valence-electron chi connectivity index (χ2n) is 9.50. The zero-order valence-corrected chi connectivity index (χ0v) is 19.2. The number of nitrogens with zero attached hydrogens (tertiary/aromatic N) is 2. The molecule has 1 saturated heterocycles. The predicted molar refractivity (Wildman–Crippen MR) is 122 cm³/mol. The van der Waals surface area contributed by atoms with Crippen LogP contribution in [0.5, 0.6) is 0 Å². The molecule has 0 aromatic carbocycles. The summed E-state index contributed by atoms with van der Waals surface area (Å²) >= 11 is 0. The van der Waals surface area contributed by atoms with Gasteiger partial charge in [0.25, 0.3) is 0 Å². The Labute approximate surface area is 190 Å². The number of ether oxygens (including phenoxy) is 2. The lowest BCUT2D eigenvalue weighted by Gasteiger charge is -2.26. The van der Waals surface area contributed by atoms with Crippen molar-refractivity contribution in [3.63, 3.8) is 0 Å². The molecule has 3 aliphatic heterocycles. The third kappa shape index (κ3) is 6.74. The Morgan fingerprint density at radius 3 is 1.50 bits per heavy atom. The smallest absolute Gasteiger partial charge is 0.311 e. The number of nitrogens with two attached hydrogens (primary N) is 2. The van der Waals surface area contributed by atoms with E-state index in [1.807, 2.05) is 0 Å². The van der Waals surface area contributed by atoms with Crippen LogP contribution in [0.1, 0.15) is 52.4 Å². The van der Waals surface area contributed by atoms with Crippen LogP contribution in [0.3, 0.4) is 0 Å². The van der Waals surface area contributed by atoms with Gasteiger partial charge >= 0.3 is 11.9 Å². The predicted octanol–water partition coefficient (Wildman–Crippen LogP) is 0.505. The summed E-state index contributed by atoms with van der Waals surface area (Å²) in [6, 6.07) is -0.252. The Morgan fingerprint density at radius 2 is 1.16 bits per heavy atom. The highest BCUT2D eigenvalue weighted by molar-refractivity contribution is 5.82. The minimum Gasteiger partial charge on any atom is -0.465 e. The maximum Gasteiger partial charge on any atom is 0.311 e. The zero-order valence-electron chi connectivity index (χ0n) is 19.2. The van der Waals surface area contributed by atoms with Gasteiger partial charge in [-0.05, 0) is 37.5 Å². The molecule has 2 unspecified atom stereocenters. The van der Waals surface area contributed by atoms with E-state index in [0.717, 1.165) is 25.7 Å². The number of rotatable bonds is 2. The van der Waals surface area contributed by atoms with Crippen LogP contribution in [0.25, 0.3) is 0 Å². The largest absolute Gasteiger partial charge is 0.465 e. The van der Waals surface area contributed by atoms with Crippen LogP contribution in [0.2, 0.25) is 0 Å². The Kier molecular flexibility index (Phi) is 8.58. The molecule has 10 nitrogen and oxygen atoms in total. The van der Waals surface area contributed by atoms with Gasteiger partial charge < -0.3 is 31.6 Å². The van der Waals surface area contributed by atoms with Crippen molar-refractivity contribution in [2.75, 3.05) is 26.3 Å². The molecule has 3 aliphatic rings. The number of guanidine groups is 2. The summed E-state index contributed by atoms with van der Waals surface area (Å²) < 4.78 is 11.4. The molecule has 0 bridgehead atoms. The molecule has 0 amide bonds. The molecule has 0 aromatic rings. The van der Waals surface area contributed by atoms with Gasteiger partial charge in [-0.15, -0.1) is 0 Å². The molecule has 0 aromatic heterocycles. The van der Waals surface area contributed by atoms with Crippen molar-refractivity contribution in [3.05, 3.63) is 0 Å². The lowest BCUT2D eigenvalue weighted by molar-refractivity contribution is -0.151. The highest BCUT2D eigenvalue weighted by Gasteiger charge is 2.34. The van der Waals surface area contributed by atoms with Gasteiger partial charge in [-0.2, -0.15) is 0 Å². The number of carbonyl (C=O) groups excluding carboxylic acids is 2. The monoisotopic (exact) mass is 450 g/mol. The SMILES string of the molecule is C[C@@H]1CCCC([C@@H]2CN=C(N)N2)C(=O)OC[C@H](C)CCCC([C@@H]2CN=C(N)N2)C(=O)OC1. The Hall–Kier alpha value is -2.52. The minimum absolute atomic E-state index is 0.126. The number of esters is 2. The molecule has 6 N–H and O–H groups in total. The molecule has 1 fully saturated rings. The van der Waals surface area contributed by atoms with Crippen LogP contribution < -0.4 is 22.1 Å². The number of aliphatic imine (C=N–C) groups is 2. The zero-order chi connectivity index (χ0) is 23.1. The first-order valence-electron chi connectivity index (χ1n) is 11.8. The normalized spacial score (nSPS) is 35.7. The van der Waals surface area contributed by atoms with Gasteiger partial charge in [0.15, 0.2) is 11.9 Å². The van der Waals surface area contributed by atoms with Crippen LogP contribution >= 0.6 is 0 Å². The first-order chi connectivity index (χ1) is 15.3. The molecule has 180 valence electrons.